The number of β-amino-alcohol motifs (C(OH)–C–C–N with tert-alkyl or cyclic N) is 1. The molecule has 1 unspecified atom stereocenters. The molecule has 0 aromatic heterocycles. The number of esters is 2. The predicted octanol–water partition coefficient (Wildman–Crippen LogP) is 4.09. The Morgan fingerprint density at radius 3 is 2.39 bits per heavy atom. The van der Waals surface area contributed by atoms with Gasteiger partial charge in [-0.05, 0) is 78.3 Å². The van der Waals surface area contributed by atoms with E-state index in [0.29, 0.717) is 17.7 Å². The van der Waals surface area contributed by atoms with Gasteiger partial charge < -0.3 is 29.7 Å². The monoisotopic (exact) mass is 463 g/mol. The number of aliphatic hydroxyl groups is 2. The lowest BCUT2D eigenvalue weighted by molar-refractivity contribution is -0.166. The van der Waals surface area contributed by atoms with Crippen LogP contribution in [0.5, 0.6) is 5.75 Å². The number of aliphatic hydroxyl groups excluding tert-OH is 2. The third kappa shape index (κ3) is 10.7. The summed E-state index contributed by atoms with van der Waals surface area (Å²) in [6.07, 6.45) is 2.76. The van der Waals surface area contributed by atoms with Crippen LogP contribution in [0.4, 0.5) is 0 Å². The third-order valence-corrected chi connectivity index (χ3v) is 4.40. The molecule has 0 bridgehead atoms. The van der Waals surface area contributed by atoms with E-state index in [9.17, 15) is 14.7 Å². The molecule has 0 saturated carbocycles. The molecule has 0 aliphatic carbocycles. The minimum Gasteiger partial charge on any atom is -0.516 e. The molecule has 0 amide bonds. The van der Waals surface area contributed by atoms with Gasteiger partial charge in [0.15, 0.2) is 6.79 Å². The summed E-state index contributed by atoms with van der Waals surface area (Å²) >= 11 is 0. The first kappa shape index (κ1) is 28.4. The molecule has 1 aromatic rings. The molecule has 3 N–H and O–H groups in total. The minimum absolute atomic E-state index is 0.00734. The zero-order chi connectivity index (χ0) is 25.2. The first-order valence-electron chi connectivity index (χ1n) is 10.8. The van der Waals surface area contributed by atoms with E-state index >= 15 is 0 Å². The highest BCUT2D eigenvalue weighted by atomic mass is 16.7. The summed E-state index contributed by atoms with van der Waals surface area (Å²) in [6, 6.07) is 4.95. The van der Waals surface area contributed by atoms with Crippen LogP contribution in [0.15, 0.2) is 42.2 Å². The lowest BCUT2D eigenvalue weighted by atomic mass is 9.98. The fraction of sp³-hybridized carbons (Fsp3) is 0.520. The van der Waals surface area contributed by atoms with Crippen LogP contribution in [0, 0.1) is 5.41 Å². The van der Waals surface area contributed by atoms with E-state index in [1.165, 1.54) is 12.2 Å². The highest BCUT2D eigenvalue weighted by Crippen LogP contribution is 2.26. The molecule has 0 spiro atoms. The van der Waals surface area contributed by atoms with Gasteiger partial charge in [0.05, 0.1) is 24.4 Å². The second-order valence-corrected chi connectivity index (χ2v) is 9.74. The maximum absolute atomic E-state index is 12.4. The van der Waals surface area contributed by atoms with Crippen LogP contribution in [-0.4, -0.2) is 41.0 Å². The Kier molecular flexibility index (Phi) is 10.8. The van der Waals surface area contributed by atoms with E-state index in [-0.39, 0.29) is 30.3 Å². The molecular formula is C25H37NO7. The second-order valence-electron chi connectivity index (χ2n) is 9.74. The van der Waals surface area contributed by atoms with Gasteiger partial charge in [0.1, 0.15) is 5.75 Å². The molecule has 33 heavy (non-hydrogen) atoms. The van der Waals surface area contributed by atoms with Gasteiger partial charge in [-0.2, -0.15) is 0 Å². The molecule has 1 rings (SSSR count). The summed E-state index contributed by atoms with van der Waals surface area (Å²) in [4.78, 5) is 24.3. The van der Waals surface area contributed by atoms with Crippen molar-refractivity contribution in [1.82, 2.24) is 5.32 Å². The number of carbonyl (C=O) groups is 2. The molecule has 0 radical (unpaired) electrons. The van der Waals surface area contributed by atoms with Crippen molar-refractivity contribution < 1.29 is 34.0 Å². The summed E-state index contributed by atoms with van der Waals surface area (Å²) in [6.45, 7) is 12.9. The van der Waals surface area contributed by atoms with E-state index in [0.717, 1.165) is 6.26 Å². The van der Waals surface area contributed by atoms with E-state index in [2.05, 4.69) is 5.32 Å². The maximum atomic E-state index is 12.4. The molecule has 184 valence electrons. The molecule has 0 heterocycles. The van der Waals surface area contributed by atoms with Crippen molar-refractivity contribution in [3.63, 3.8) is 0 Å². The molecule has 0 saturated heterocycles. The average molecular weight is 464 g/mol. The number of carbonyl (C=O) groups excluding carboxylic acids is 2. The highest BCUT2D eigenvalue weighted by molar-refractivity contribution is 5.90. The van der Waals surface area contributed by atoms with Crippen molar-refractivity contribution in [3.05, 3.63) is 53.3 Å². The third-order valence-electron chi connectivity index (χ3n) is 4.40. The first-order valence-corrected chi connectivity index (χ1v) is 10.8. The van der Waals surface area contributed by atoms with Gasteiger partial charge in [-0.15, -0.1) is 0 Å². The topological polar surface area (TPSA) is 114 Å². The van der Waals surface area contributed by atoms with Crippen molar-refractivity contribution in [2.75, 3.05) is 13.3 Å². The molecule has 1 aromatic carbocycles. The molecular weight excluding hydrogens is 426 g/mol. The Labute approximate surface area is 196 Å². The number of hydrogen-bond donors (Lipinski definition) is 3. The van der Waals surface area contributed by atoms with Crippen molar-refractivity contribution >= 4 is 11.9 Å². The SMILES string of the molecule is C/C(=C\C=C/O)C(=O)Oc1ccc(C(O)CNC(C)(C)C)cc1COCOC(=O)C(C)(C)C. The summed E-state index contributed by atoms with van der Waals surface area (Å²) < 4.78 is 16.1. The number of nitrogens with one attached hydrogen (secondary N) is 1. The van der Waals surface area contributed by atoms with Crippen molar-refractivity contribution in [3.8, 4) is 5.75 Å². The van der Waals surface area contributed by atoms with Crippen LogP contribution in [0.25, 0.3) is 0 Å². The van der Waals surface area contributed by atoms with Crippen LogP contribution >= 0.6 is 0 Å². The van der Waals surface area contributed by atoms with Crippen molar-refractivity contribution in [1.29, 1.82) is 0 Å². The summed E-state index contributed by atoms with van der Waals surface area (Å²) in [5.74, 6) is -0.747. The minimum atomic E-state index is -0.789. The van der Waals surface area contributed by atoms with Crippen LogP contribution in [-0.2, 0) is 25.7 Å². The van der Waals surface area contributed by atoms with E-state index in [4.69, 9.17) is 19.3 Å². The molecule has 8 heteroatoms. The van der Waals surface area contributed by atoms with Gasteiger partial charge in [0.25, 0.3) is 0 Å². The lowest BCUT2D eigenvalue weighted by Crippen LogP contribution is -2.38. The molecule has 0 fully saturated rings. The van der Waals surface area contributed by atoms with Gasteiger partial charge in [-0.3, -0.25) is 4.79 Å². The normalized spacial score (nSPS) is 13.8. The van der Waals surface area contributed by atoms with E-state index < -0.39 is 23.5 Å². The van der Waals surface area contributed by atoms with Crippen LogP contribution in [0.3, 0.4) is 0 Å². The highest BCUT2D eigenvalue weighted by Gasteiger charge is 2.23. The number of ether oxygens (including phenoxy) is 3. The van der Waals surface area contributed by atoms with Gasteiger partial charge in [0, 0.05) is 23.2 Å². The van der Waals surface area contributed by atoms with E-state index in [1.807, 2.05) is 20.8 Å². The fourth-order valence-electron chi connectivity index (χ4n) is 2.44. The van der Waals surface area contributed by atoms with Gasteiger partial charge in [0.2, 0.25) is 0 Å². The Hall–Kier alpha value is -2.68. The van der Waals surface area contributed by atoms with Crippen LogP contribution < -0.4 is 10.1 Å². The number of benzene rings is 1. The smallest absolute Gasteiger partial charge is 0.339 e. The standard InChI is InChI=1S/C25H37NO7/c1-17(9-8-12-27)22(29)33-21-11-10-18(20(28)14-26-25(5,6)7)13-19(21)15-31-16-32-23(30)24(2,3)4/h8-13,20,26-28H,14-16H2,1-7H3/b12-8-,17-9+. The molecule has 0 aliphatic heterocycles. The Morgan fingerprint density at radius 1 is 1.15 bits per heavy atom. The number of allylic oxidation sites excluding steroid dienone is 2. The Bertz CT molecular complexity index is 860. The number of rotatable bonds is 10. The average Bonchev–Trinajstić information content (AvgIpc) is 2.72. The van der Waals surface area contributed by atoms with Crippen LogP contribution in [0.2, 0.25) is 0 Å². The molecule has 0 aliphatic rings. The number of hydrogen-bond acceptors (Lipinski definition) is 8. The zero-order valence-corrected chi connectivity index (χ0v) is 20.6. The van der Waals surface area contributed by atoms with Gasteiger partial charge in [-0.25, -0.2) is 4.79 Å². The van der Waals surface area contributed by atoms with Gasteiger partial charge in [-0.1, -0.05) is 6.07 Å². The van der Waals surface area contributed by atoms with Crippen molar-refractivity contribution in [2.45, 2.75) is 66.7 Å². The Morgan fingerprint density at radius 2 is 1.82 bits per heavy atom. The first-order chi connectivity index (χ1) is 15.2. The van der Waals surface area contributed by atoms with Gasteiger partial charge >= 0.3 is 11.9 Å². The van der Waals surface area contributed by atoms with Crippen molar-refractivity contribution in [2.24, 2.45) is 5.41 Å². The molecule has 8 nitrogen and oxygen atoms in total. The quantitative estimate of drug-likeness (QED) is 0.0904. The zero-order valence-electron chi connectivity index (χ0n) is 20.6. The maximum Gasteiger partial charge on any atom is 0.339 e. The second kappa shape index (κ2) is 12.5. The lowest BCUT2D eigenvalue weighted by Gasteiger charge is -2.23. The Balaban J connectivity index is 3.01. The van der Waals surface area contributed by atoms with Crippen LogP contribution in [0.1, 0.15) is 65.7 Å². The summed E-state index contributed by atoms with van der Waals surface area (Å²) in [5.41, 5.74) is 0.595. The summed E-state index contributed by atoms with van der Waals surface area (Å²) in [7, 11) is 0. The predicted molar refractivity (Wildman–Crippen MR) is 126 cm³/mol. The fourth-order valence-corrected chi connectivity index (χ4v) is 2.44. The molecule has 1 atom stereocenters. The van der Waals surface area contributed by atoms with E-state index in [1.54, 1.807) is 45.9 Å². The largest absolute Gasteiger partial charge is 0.516 e. The summed E-state index contributed by atoms with van der Waals surface area (Å²) in [5, 5.41) is 22.6.